The van der Waals surface area contributed by atoms with Gasteiger partial charge in [0.2, 0.25) is 35.4 Å². The number of nitrogens with one attached hydrogen (secondary N) is 4. The van der Waals surface area contributed by atoms with E-state index >= 15 is 0 Å². The standard InChI is InChI=1S/C25H37N7O9S/c1-42-8-7-15(29-21(36)14(26)12-33)22(37)30-16(10-19(27)34)23(38)31-17(11-20(28)35)24(39)32-18(25(40)41)9-13-5-3-2-4-6-13/h2-6,14-18,33H,7-12,26H2,1H3,(H2,27,34)(H2,28,35)(H,29,36)(H,30,37)(H,31,38)(H,32,39)(H,40,41)/t14-,15-,16-,17-,18-/m0/s1. The molecule has 0 bridgehead atoms. The minimum atomic E-state index is -1.67. The van der Waals surface area contributed by atoms with Crippen LogP contribution in [0.5, 0.6) is 0 Å². The summed E-state index contributed by atoms with van der Waals surface area (Å²) in [6.07, 6.45) is 0.263. The van der Waals surface area contributed by atoms with Crippen molar-refractivity contribution in [1.82, 2.24) is 21.3 Å². The predicted molar refractivity (Wildman–Crippen MR) is 151 cm³/mol. The number of carbonyl (C=O) groups is 7. The molecule has 0 spiro atoms. The lowest BCUT2D eigenvalue weighted by atomic mass is 10.0. The highest BCUT2D eigenvalue weighted by Crippen LogP contribution is 2.06. The molecule has 1 aromatic carbocycles. The number of nitrogens with two attached hydrogens (primary N) is 3. The number of hydrogen-bond acceptors (Lipinski definition) is 10. The van der Waals surface area contributed by atoms with Gasteiger partial charge in [-0.1, -0.05) is 30.3 Å². The molecule has 5 atom stereocenters. The van der Waals surface area contributed by atoms with E-state index in [1.165, 1.54) is 11.8 Å². The zero-order valence-electron chi connectivity index (χ0n) is 22.9. The lowest BCUT2D eigenvalue weighted by Crippen LogP contribution is -2.59. The number of carbonyl (C=O) groups excluding carboxylic acids is 6. The minimum Gasteiger partial charge on any atom is -0.480 e. The van der Waals surface area contributed by atoms with E-state index in [9.17, 15) is 38.7 Å². The Bertz CT molecular complexity index is 1120. The molecule has 0 fully saturated rings. The molecular weight excluding hydrogens is 574 g/mol. The SMILES string of the molecule is CSCC[C@H](NC(=O)[C@@H](N)CO)C(=O)N[C@@H](CC(N)=O)C(=O)N[C@@H](CC(N)=O)C(=O)N[C@@H](Cc1ccccc1)C(=O)O. The molecule has 12 N–H and O–H groups in total. The molecule has 232 valence electrons. The summed E-state index contributed by atoms with van der Waals surface area (Å²) in [5, 5.41) is 27.8. The highest BCUT2D eigenvalue weighted by atomic mass is 32.2. The van der Waals surface area contributed by atoms with Crippen LogP contribution >= 0.6 is 11.8 Å². The number of aliphatic carboxylic acids is 1. The summed E-state index contributed by atoms with van der Waals surface area (Å²) in [6, 6.07) is 1.08. The number of aliphatic hydroxyl groups is 1. The molecule has 17 heteroatoms. The number of primary amides is 2. The Kier molecular flexibility index (Phi) is 15.6. The van der Waals surface area contributed by atoms with E-state index in [2.05, 4.69) is 21.3 Å². The second-order valence-corrected chi connectivity index (χ2v) is 10.2. The van der Waals surface area contributed by atoms with Gasteiger partial charge in [-0.2, -0.15) is 11.8 Å². The van der Waals surface area contributed by atoms with Crippen LogP contribution in [0.2, 0.25) is 0 Å². The first-order valence-electron chi connectivity index (χ1n) is 12.7. The summed E-state index contributed by atoms with van der Waals surface area (Å²) >= 11 is 1.35. The summed E-state index contributed by atoms with van der Waals surface area (Å²) < 4.78 is 0. The van der Waals surface area contributed by atoms with Crippen molar-refractivity contribution in [1.29, 1.82) is 0 Å². The van der Waals surface area contributed by atoms with Gasteiger partial charge in [-0.15, -0.1) is 0 Å². The molecule has 42 heavy (non-hydrogen) atoms. The van der Waals surface area contributed by atoms with Crippen molar-refractivity contribution >= 4 is 53.2 Å². The molecule has 0 heterocycles. The van der Waals surface area contributed by atoms with E-state index in [4.69, 9.17) is 22.3 Å². The number of carboxylic acid groups (broad SMARTS) is 1. The fourth-order valence-electron chi connectivity index (χ4n) is 3.55. The highest BCUT2D eigenvalue weighted by molar-refractivity contribution is 7.98. The van der Waals surface area contributed by atoms with Gasteiger partial charge < -0.3 is 48.7 Å². The van der Waals surface area contributed by atoms with Crippen molar-refractivity contribution in [2.45, 2.75) is 55.9 Å². The van der Waals surface area contributed by atoms with Gasteiger partial charge in [0, 0.05) is 6.42 Å². The Hall–Kier alpha value is -4.22. The summed E-state index contributed by atoms with van der Waals surface area (Å²) in [6.45, 7) is -0.688. The van der Waals surface area contributed by atoms with Crippen LogP contribution in [0.3, 0.4) is 0 Å². The van der Waals surface area contributed by atoms with Crippen molar-refractivity contribution in [3.05, 3.63) is 35.9 Å². The predicted octanol–water partition coefficient (Wildman–Crippen LogP) is -3.92. The Labute approximate surface area is 245 Å². The van der Waals surface area contributed by atoms with E-state index in [1.807, 2.05) is 0 Å². The maximum Gasteiger partial charge on any atom is 0.326 e. The van der Waals surface area contributed by atoms with Crippen molar-refractivity contribution in [3.63, 3.8) is 0 Å². The van der Waals surface area contributed by atoms with Gasteiger partial charge in [0.05, 0.1) is 19.4 Å². The molecule has 1 rings (SSSR count). The Morgan fingerprint density at radius 2 is 1.21 bits per heavy atom. The fraction of sp³-hybridized carbons (Fsp3) is 0.480. The number of carboxylic acids is 1. The number of rotatable bonds is 19. The van der Waals surface area contributed by atoms with Crippen molar-refractivity contribution in [2.24, 2.45) is 17.2 Å². The molecule has 16 nitrogen and oxygen atoms in total. The number of hydrogen-bond donors (Lipinski definition) is 9. The monoisotopic (exact) mass is 611 g/mol. The Balaban J connectivity index is 3.12. The first-order chi connectivity index (χ1) is 19.8. The van der Waals surface area contributed by atoms with Crippen LogP contribution in [0.4, 0.5) is 0 Å². The second-order valence-electron chi connectivity index (χ2n) is 9.18. The molecule has 0 aliphatic rings. The fourth-order valence-corrected chi connectivity index (χ4v) is 4.03. The molecule has 0 saturated carbocycles. The molecule has 0 aliphatic heterocycles. The van der Waals surface area contributed by atoms with Crippen LogP contribution < -0.4 is 38.5 Å². The van der Waals surface area contributed by atoms with E-state index < -0.39 is 91.1 Å². The van der Waals surface area contributed by atoms with Gasteiger partial charge in [-0.25, -0.2) is 4.79 Å². The van der Waals surface area contributed by atoms with Crippen LogP contribution in [-0.4, -0.2) is 100 Å². The molecule has 0 aliphatic carbocycles. The summed E-state index contributed by atoms with van der Waals surface area (Å²) in [5.41, 5.74) is 16.5. The summed E-state index contributed by atoms with van der Waals surface area (Å²) in [4.78, 5) is 86.4. The zero-order valence-corrected chi connectivity index (χ0v) is 23.7. The smallest absolute Gasteiger partial charge is 0.326 e. The van der Waals surface area contributed by atoms with Gasteiger partial charge >= 0.3 is 5.97 Å². The van der Waals surface area contributed by atoms with Crippen LogP contribution in [0.25, 0.3) is 0 Å². The Morgan fingerprint density at radius 1 is 0.762 bits per heavy atom. The first-order valence-corrected chi connectivity index (χ1v) is 14.1. The van der Waals surface area contributed by atoms with E-state index in [0.29, 0.717) is 11.3 Å². The molecule has 0 saturated heterocycles. The Morgan fingerprint density at radius 3 is 1.64 bits per heavy atom. The molecular formula is C25H37N7O9S. The van der Waals surface area contributed by atoms with E-state index in [0.717, 1.165) is 0 Å². The van der Waals surface area contributed by atoms with Gasteiger partial charge in [-0.3, -0.25) is 28.8 Å². The normalized spacial score (nSPS) is 14.3. The maximum atomic E-state index is 13.1. The highest BCUT2D eigenvalue weighted by Gasteiger charge is 2.33. The van der Waals surface area contributed by atoms with Crippen LogP contribution in [0, 0.1) is 0 Å². The molecule has 0 aromatic heterocycles. The maximum absolute atomic E-state index is 13.1. The lowest BCUT2D eigenvalue weighted by molar-refractivity contribution is -0.142. The van der Waals surface area contributed by atoms with Crippen molar-refractivity contribution < 1.29 is 43.8 Å². The third kappa shape index (κ3) is 13.0. The molecule has 0 unspecified atom stereocenters. The van der Waals surface area contributed by atoms with Gasteiger partial charge in [0.15, 0.2) is 0 Å². The number of benzene rings is 1. The van der Waals surface area contributed by atoms with Crippen LogP contribution in [0.15, 0.2) is 30.3 Å². The first kappa shape index (κ1) is 35.8. The topological polar surface area (TPSA) is 286 Å². The third-order valence-corrected chi connectivity index (χ3v) is 6.39. The number of thioether (sulfide) groups is 1. The molecule has 0 radical (unpaired) electrons. The lowest BCUT2D eigenvalue weighted by Gasteiger charge is -2.25. The summed E-state index contributed by atoms with van der Waals surface area (Å²) in [7, 11) is 0. The van der Waals surface area contributed by atoms with Crippen LogP contribution in [-0.2, 0) is 40.0 Å². The van der Waals surface area contributed by atoms with Gasteiger partial charge in [-0.05, 0) is 24.0 Å². The zero-order chi connectivity index (χ0) is 31.8. The average molecular weight is 612 g/mol. The largest absolute Gasteiger partial charge is 0.480 e. The number of amides is 6. The van der Waals surface area contributed by atoms with Gasteiger partial charge in [0.1, 0.15) is 30.2 Å². The van der Waals surface area contributed by atoms with Crippen LogP contribution in [0.1, 0.15) is 24.8 Å². The minimum absolute atomic E-state index is 0.0898. The molecule has 1 aromatic rings. The second kappa shape index (κ2) is 18.3. The van der Waals surface area contributed by atoms with Crippen molar-refractivity contribution in [3.8, 4) is 0 Å². The third-order valence-electron chi connectivity index (χ3n) is 5.75. The summed E-state index contributed by atoms with van der Waals surface area (Å²) in [5.74, 6) is -6.90. The van der Waals surface area contributed by atoms with Crippen molar-refractivity contribution in [2.75, 3.05) is 18.6 Å². The molecule has 6 amide bonds. The average Bonchev–Trinajstić information content (AvgIpc) is 2.93. The van der Waals surface area contributed by atoms with E-state index in [1.54, 1.807) is 36.6 Å². The quantitative estimate of drug-likeness (QED) is 0.0728. The number of aliphatic hydroxyl groups excluding tert-OH is 1. The van der Waals surface area contributed by atoms with E-state index in [-0.39, 0.29) is 12.8 Å². The van der Waals surface area contributed by atoms with Gasteiger partial charge in [0.25, 0.3) is 0 Å².